The van der Waals surface area contributed by atoms with E-state index in [1.54, 1.807) is 0 Å². The zero-order valence-corrected chi connectivity index (χ0v) is 7.81. The minimum absolute atomic E-state index is 0.638. The number of hydrogen-bond acceptors (Lipinski definition) is 1. The zero-order valence-electron chi connectivity index (χ0n) is 7.81. The van der Waals surface area contributed by atoms with E-state index in [0.717, 1.165) is 12.7 Å². The van der Waals surface area contributed by atoms with Gasteiger partial charge in [0.25, 0.3) is 0 Å². The molecule has 0 atom stereocenters. The van der Waals surface area contributed by atoms with Gasteiger partial charge < -0.3 is 9.78 Å². The van der Waals surface area contributed by atoms with Gasteiger partial charge in [-0.1, -0.05) is 0 Å². The molecular formula is C11H15NO. The van der Waals surface area contributed by atoms with E-state index in [2.05, 4.69) is 11.1 Å². The summed E-state index contributed by atoms with van der Waals surface area (Å²) in [5, 5.41) is 0. The molecule has 0 fully saturated rings. The van der Waals surface area contributed by atoms with Crippen LogP contribution in [0.5, 0.6) is 0 Å². The minimum Gasteiger partial charge on any atom is -0.362 e. The lowest BCUT2D eigenvalue weighted by atomic mass is 9.98. The maximum absolute atomic E-state index is 10.2. The Morgan fingerprint density at radius 3 is 3.00 bits per heavy atom. The summed E-state index contributed by atoms with van der Waals surface area (Å²) in [5.41, 5.74) is 4.12. The molecule has 2 heteroatoms. The van der Waals surface area contributed by atoms with Crippen molar-refractivity contribution >= 4 is 6.29 Å². The number of fused-ring (bicyclic) bond motifs is 1. The lowest BCUT2D eigenvalue weighted by Crippen LogP contribution is -1.99. The Bertz CT molecular complexity index is 278. The van der Waals surface area contributed by atoms with Crippen LogP contribution in [0.15, 0.2) is 6.07 Å². The maximum atomic E-state index is 10.2. The number of aromatic nitrogens is 1. The topological polar surface area (TPSA) is 32.9 Å². The molecule has 0 saturated carbocycles. The molecule has 70 valence electrons. The molecular weight excluding hydrogens is 162 g/mol. The van der Waals surface area contributed by atoms with Gasteiger partial charge in [-0.2, -0.15) is 0 Å². The first-order valence-electron chi connectivity index (χ1n) is 5.03. The van der Waals surface area contributed by atoms with Crippen molar-refractivity contribution in [2.45, 2.75) is 38.5 Å². The Labute approximate surface area is 78.4 Å². The molecule has 0 spiro atoms. The fraction of sp³-hybridized carbons (Fsp3) is 0.545. The summed E-state index contributed by atoms with van der Waals surface area (Å²) in [6.45, 7) is 0. The third kappa shape index (κ3) is 1.82. The first kappa shape index (κ1) is 8.54. The molecule has 2 rings (SSSR count). The molecule has 1 aliphatic rings. The molecule has 1 aliphatic carbocycles. The summed E-state index contributed by atoms with van der Waals surface area (Å²) < 4.78 is 0. The third-order valence-corrected chi connectivity index (χ3v) is 2.70. The summed E-state index contributed by atoms with van der Waals surface area (Å²) in [4.78, 5) is 13.6. The van der Waals surface area contributed by atoms with Crippen LogP contribution in [0.2, 0.25) is 0 Å². The van der Waals surface area contributed by atoms with Gasteiger partial charge in [0.1, 0.15) is 6.29 Å². The van der Waals surface area contributed by atoms with Crippen LogP contribution in [0, 0.1) is 0 Å². The van der Waals surface area contributed by atoms with E-state index in [4.69, 9.17) is 0 Å². The number of H-pyrrole nitrogens is 1. The van der Waals surface area contributed by atoms with Crippen molar-refractivity contribution < 1.29 is 4.79 Å². The lowest BCUT2D eigenvalue weighted by Gasteiger charge is -2.09. The number of rotatable bonds is 3. The fourth-order valence-electron chi connectivity index (χ4n) is 2.02. The predicted molar refractivity (Wildman–Crippen MR) is 51.8 cm³/mol. The molecule has 0 radical (unpaired) electrons. The highest BCUT2D eigenvalue weighted by atomic mass is 16.1. The Morgan fingerprint density at radius 1 is 1.38 bits per heavy atom. The zero-order chi connectivity index (χ0) is 9.10. The van der Waals surface area contributed by atoms with Crippen LogP contribution < -0.4 is 0 Å². The molecule has 0 aromatic carbocycles. The van der Waals surface area contributed by atoms with Gasteiger partial charge in [-0.15, -0.1) is 0 Å². The van der Waals surface area contributed by atoms with Crippen LogP contribution in [0.25, 0.3) is 0 Å². The average Bonchev–Trinajstić information content (AvgIpc) is 2.57. The van der Waals surface area contributed by atoms with Gasteiger partial charge in [0, 0.05) is 17.8 Å². The standard InChI is InChI=1S/C11H15NO/c13-7-3-5-10-8-9-4-1-2-6-11(9)12-10/h7-8,12H,1-6H2. The lowest BCUT2D eigenvalue weighted by molar-refractivity contribution is -0.107. The van der Waals surface area contributed by atoms with E-state index < -0.39 is 0 Å². The van der Waals surface area contributed by atoms with Gasteiger partial charge in [0.15, 0.2) is 0 Å². The molecule has 0 saturated heterocycles. The van der Waals surface area contributed by atoms with E-state index in [1.165, 1.54) is 42.6 Å². The molecule has 1 heterocycles. The number of carbonyl (C=O) groups is 1. The number of aryl methyl sites for hydroxylation is 3. The van der Waals surface area contributed by atoms with E-state index in [0.29, 0.717) is 6.42 Å². The molecule has 0 bridgehead atoms. The summed E-state index contributed by atoms with van der Waals surface area (Å²) in [7, 11) is 0. The van der Waals surface area contributed by atoms with Crippen LogP contribution in [0.1, 0.15) is 36.2 Å². The Balaban J connectivity index is 2.11. The Morgan fingerprint density at radius 2 is 2.23 bits per heavy atom. The van der Waals surface area contributed by atoms with E-state index in [1.807, 2.05) is 0 Å². The molecule has 0 unspecified atom stereocenters. The molecule has 0 amide bonds. The van der Waals surface area contributed by atoms with Crippen molar-refractivity contribution in [3.63, 3.8) is 0 Å². The molecule has 0 aliphatic heterocycles. The minimum atomic E-state index is 0.638. The van der Waals surface area contributed by atoms with E-state index in [9.17, 15) is 4.79 Å². The van der Waals surface area contributed by atoms with Crippen molar-refractivity contribution in [1.29, 1.82) is 0 Å². The highest BCUT2D eigenvalue weighted by molar-refractivity contribution is 5.50. The van der Waals surface area contributed by atoms with Crippen molar-refractivity contribution in [2.75, 3.05) is 0 Å². The number of hydrogen-bond donors (Lipinski definition) is 1. The highest BCUT2D eigenvalue weighted by Crippen LogP contribution is 2.21. The summed E-state index contributed by atoms with van der Waals surface area (Å²) in [6.07, 6.45) is 7.53. The maximum Gasteiger partial charge on any atom is 0.120 e. The number of aldehydes is 1. The van der Waals surface area contributed by atoms with Gasteiger partial charge in [0.05, 0.1) is 0 Å². The summed E-state index contributed by atoms with van der Waals surface area (Å²) in [6, 6.07) is 2.23. The van der Waals surface area contributed by atoms with Crippen LogP contribution in [-0.2, 0) is 24.1 Å². The van der Waals surface area contributed by atoms with E-state index >= 15 is 0 Å². The monoisotopic (exact) mass is 177 g/mol. The first-order chi connectivity index (χ1) is 6.40. The second-order valence-electron chi connectivity index (χ2n) is 3.71. The summed E-state index contributed by atoms with van der Waals surface area (Å²) in [5.74, 6) is 0. The van der Waals surface area contributed by atoms with Gasteiger partial charge in [-0.05, 0) is 43.7 Å². The smallest absolute Gasteiger partial charge is 0.120 e. The Hall–Kier alpha value is -1.05. The SMILES string of the molecule is O=CCCc1cc2c([nH]1)CCCC2. The molecule has 2 nitrogen and oxygen atoms in total. The van der Waals surface area contributed by atoms with Crippen LogP contribution in [-0.4, -0.2) is 11.3 Å². The normalized spacial score (nSPS) is 15.4. The van der Waals surface area contributed by atoms with Crippen LogP contribution in [0.4, 0.5) is 0 Å². The highest BCUT2D eigenvalue weighted by Gasteiger charge is 2.11. The Kier molecular flexibility index (Phi) is 2.48. The van der Waals surface area contributed by atoms with Crippen molar-refractivity contribution in [3.8, 4) is 0 Å². The molecule has 1 aromatic rings. The third-order valence-electron chi connectivity index (χ3n) is 2.70. The number of nitrogens with one attached hydrogen (secondary N) is 1. The van der Waals surface area contributed by atoms with Crippen LogP contribution >= 0.6 is 0 Å². The first-order valence-corrected chi connectivity index (χ1v) is 5.03. The van der Waals surface area contributed by atoms with Crippen molar-refractivity contribution in [2.24, 2.45) is 0 Å². The van der Waals surface area contributed by atoms with Crippen molar-refractivity contribution in [3.05, 3.63) is 23.0 Å². The van der Waals surface area contributed by atoms with Gasteiger partial charge >= 0.3 is 0 Å². The largest absolute Gasteiger partial charge is 0.362 e. The quantitative estimate of drug-likeness (QED) is 0.704. The van der Waals surface area contributed by atoms with Gasteiger partial charge in [-0.25, -0.2) is 0 Å². The van der Waals surface area contributed by atoms with Crippen LogP contribution in [0.3, 0.4) is 0 Å². The number of aromatic amines is 1. The molecule has 13 heavy (non-hydrogen) atoms. The second-order valence-corrected chi connectivity index (χ2v) is 3.71. The van der Waals surface area contributed by atoms with Crippen molar-refractivity contribution in [1.82, 2.24) is 4.98 Å². The summed E-state index contributed by atoms with van der Waals surface area (Å²) >= 11 is 0. The van der Waals surface area contributed by atoms with Gasteiger partial charge in [0.2, 0.25) is 0 Å². The fourth-order valence-corrected chi connectivity index (χ4v) is 2.02. The van der Waals surface area contributed by atoms with E-state index in [-0.39, 0.29) is 0 Å². The second kappa shape index (κ2) is 3.77. The molecule has 1 N–H and O–H groups in total. The number of carbonyl (C=O) groups excluding carboxylic acids is 1. The molecule has 1 aromatic heterocycles. The average molecular weight is 177 g/mol. The predicted octanol–water partition coefficient (Wildman–Crippen LogP) is 2.02. The van der Waals surface area contributed by atoms with Gasteiger partial charge in [-0.3, -0.25) is 0 Å².